The van der Waals surface area contributed by atoms with Crippen molar-refractivity contribution in [1.29, 1.82) is 0 Å². The van der Waals surface area contributed by atoms with E-state index in [1.807, 2.05) is 32.7 Å². The molecule has 0 unspecified atom stereocenters. The first-order chi connectivity index (χ1) is 13.0. The second kappa shape index (κ2) is 8.41. The third kappa shape index (κ3) is 4.59. The number of aliphatic hydroxyl groups is 2. The van der Waals surface area contributed by atoms with Gasteiger partial charge in [-0.25, -0.2) is 14.0 Å². The fourth-order valence-corrected chi connectivity index (χ4v) is 3.06. The van der Waals surface area contributed by atoms with E-state index in [1.165, 1.54) is 0 Å². The molecular weight excluding hydrogens is 379 g/mol. The van der Waals surface area contributed by atoms with Gasteiger partial charge in [-0.3, -0.25) is 14.3 Å². The normalized spacial score (nSPS) is 27.6. The van der Waals surface area contributed by atoms with Crippen molar-refractivity contribution in [2.45, 2.75) is 58.1 Å². The van der Waals surface area contributed by atoms with Gasteiger partial charge in [0.2, 0.25) is 0 Å². The van der Waals surface area contributed by atoms with Crippen molar-refractivity contribution in [2.75, 3.05) is 6.61 Å². The summed E-state index contributed by atoms with van der Waals surface area (Å²) in [6, 6.07) is 0.966. The summed E-state index contributed by atoms with van der Waals surface area (Å²) in [6.07, 6.45) is -6.24. The number of aliphatic hydroxyl groups excluding tert-OH is 2. The molecule has 1 fully saturated rings. The van der Waals surface area contributed by atoms with Crippen molar-refractivity contribution >= 4 is 6.16 Å². The number of nitrogens with zero attached hydrogens (tertiary/aromatic N) is 1. The highest BCUT2D eigenvalue weighted by atomic mass is 19.2. The van der Waals surface area contributed by atoms with Crippen LogP contribution >= 0.6 is 0 Å². The predicted molar refractivity (Wildman–Crippen MR) is 93.2 cm³/mol. The van der Waals surface area contributed by atoms with Crippen molar-refractivity contribution in [1.82, 2.24) is 9.55 Å². The first-order valence-corrected chi connectivity index (χ1v) is 8.84. The van der Waals surface area contributed by atoms with E-state index in [-0.39, 0.29) is 11.8 Å². The molecule has 4 atom stereocenters. The minimum atomic E-state index is -2.98. The second-order valence-corrected chi connectivity index (χ2v) is 7.36. The summed E-state index contributed by atoms with van der Waals surface area (Å²) in [5, 5.41) is 20.1. The molecule has 0 saturated carbocycles. The van der Waals surface area contributed by atoms with Crippen molar-refractivity contribution in [2.24, 2.45) is 11.8 Å². The van der Waals surface area contributed by atoms with Crippen LogP contribution < -0.4 is 11.2 Å². The first kappa shape index (κ1) is 22.1. The highest BCUT2D eigenvalue weighted by Gasteiger charge is 2.57. The smallest absolute Gasteiger partial charge is 0.430 e. The van der Waals surface area contributed by atoms with Crippen LogP contribution in [0.15, 0.2) is 21.9 Å². The minimum absolute atomic E-state index is 0.00137. The van der Waals surface area contributed by atoms with Crippen LogP contribution in [-0.2, 0) is 14.2 Å². The van der Waals surface area contributed by atoms with E-state index in [4.69, 9.17) is 14.2 Å². The first-order valence-electron chi connectivity index (χ1n) is 8.84. The Morgan fingerprint density at radius 3 is 2.46 bits per heavy atom. The average molecular weight is 404 g/mol. The number of carbonyl (C=O) groups excluding carboxylic acids is 1. The maximum atomic E-state index is 15.0. The molecule has 158 valence electrons. The fourth-order valence-electron chi connectivity index (χ4n) is 3.06. The number of carbonyl (C=O) groups is 1. The van der Waals surface area contributed by atoms with Crippen molar-refractivity contribution in [3.63, 3.8) is 0 Å². The SMILES string of the molecule is CC(C)C(OC(=O)OC[C@@]1(F)O[C@@H](n2ccc(=O)[nH]c2=O)[C@H](O)[C@@H]1O)C(C)C. The van der Waals surface area contributed by atoms with E-state index in [9.17, 15) is 29.0 Å². The lowest BCUT2D eigenvalue weighted by molar-refractivity contribution is -0.211. The molecule has 1 aliphatic rings. The molecule has 2 rings (SSSR count). The zero-order valence-corrected chi connectivity index (χ0v) is 16.0. The van der Waals surface area contributed by atoms with E-state index in [1.54, 1.807) is 0 Å². The Morgan fingerprint density at radius 2 is 1.93 bits per heavy atom. The average Bonchev–Trinajstić information content (AvgIpc) is 2.82. The Labute approximate surface area is 159 Å². The Hall–Kier alpha value is -2.24. The molecule has 10 nitrogen and oxygen atoms in total. The van der Waals surface area contributed by atoms with Gasteiger partial charge in [0.15, 0.2) is 12.8 Å². The Morgan fingerprint density at radius 1 is 1.32 bits per heavy atom. The van der Waals surface area contributed by atoms with Gasteiger partial charge >= 0.3 is 11.8 Å². The highest BCUT2D eigenvalue weighted by Crippen LogP contribution is 2.38. The summed E-state index contributed by atoms with van der Waals surface area (Å²) in [6.45, 7) is 6.33. The van der Waals surface area contributed by atoms with Crippen molar-refractivity contribution in [3.05, 3.63) is 33.1 Å². The van der Waals surface area contributed by atoms with Crippen LogP contribution in [0.25, 0.3) is 0 Å². The zero-order chi connectivity index (χ0) is 21.2. The fraction of sp³-hybridized carbons (Fsp3) is 0.706. The number of hydrogen-bond acceptors (Lipinski definition) is 8. The maximum absolute atomic E-state index is 15.0. The molecule has 1 aliphatic heterocycles. The van der Waals surface area contributed by atoms with Crippen LogP contribution in [-0.4, -0.2) is 56.7 Å². The van der Waals surface area contributed by atoms with E-state index < -0.39 is 54.4 Å². The Bertz CT molecular complexity index is 799. The number of aromatic amines is 1. The number of aromatic nitrogens is 2. The molecule has 0 bridgehead atoms. The monoisotopic (exact) mass is 404 g/mol. The number of rotatable bonds is 6. The molecule has 1 aromatic rings. The Kier molecular flexibility index (Phi) is 6.63. The van der Waals surface area contributed by atoms with Crippen LogP contribution in [0.1, 0.15) is 33.9 Å². The van der Waals surface area contributed by atoms with Gasteiger partial charge in [-0.2, -0.15) is 0 Å². The lowest BCUT2D eigenvalue weighted by atomic mass is 9.96. The third-order valence-electron chi connectivity index (χ3n) is 4.43. The van der Waals surface area contributed by atoms with Gasteiger partial charge in [-0.1, -0.05) is 27.7 Å². The molecule has 1 saturated heterocycles. The number of halogens is 1. The van der Waals surface area contributed by atoms with Gasteiger partial charge < -0.3 is 24.4 Å². The summed E-state index contributed by atoms with van der Waals surface area (Å²) in [5.41, 5.74) is -1.67. The quantitative estimate of drug-likeness (QED) is 0.575. The standard InChI is InChI=1S/C17H25FN2O8/c1-8(2)12(9(3)4)27-16(25)26-7-17(18)13(23)11(22)14(28-17)20-6-5-10(21)19-15(20)24/h5-6,8-9,11-14,22-23H,7H2,1-4H3,(H,19,21,24)/t11-,13+,14-,17-/m1/s1. The third-order valence-corrected chi connectivity index (χ3v) is 4.43. The molecule has 0 amide bonds. The highest BCUT2D eigenvalue weighted by molar-refractivity contribution is 5.60. The van der Waals surface area contributed by atoms with E-state index in [0.717, 1.165) is 12.3 Å². The van der Waals surface area contributed by atoms with E-state index in [0.29, 0.717) is 4.57 Å². The molecular formula is C17H25FN2O8. The summed E-state index contributed by atoms with van der Waals surface area (Å²) in [4.78, 5) is 36.7. The molecule has 0 aromatic carbocycles. The predicted octanol–water partition coefficient (Wildman–Crippen LogP) is 0.287. The van der Waals surface area contributed by atoms with Crippen LogP contribution in [0, 0.1) is 11.8 Å². The van der Waals surface area contributed by atoms with Gasteiger partial charge in [-0.05, 0) is 11.8 Å². The Balaban J connectivity index is 2.08. The van der Waals surface area contributed by atoms with Crippen molar-refractivity contribution < 1.29 is 33.6 Å². The molecule has 3 N–H and O–H groups in total. The molecule has 1 aromatic heterocycles. The molecule has 0 aliphatic carbocycles. The number of hydrogen-bond donors (Lipinski definition) is 3. The molecule has 0 radical (unpaired) electrons. The summed E-state index contributed by atoms with van der Waals surface area (Å²) < 4.78 is 30.5. The number of H-pyrrole nitrogens is 1. The number of nitrogens with one attached hydrogen (secondary N) is 1. The van der Waals surface area contributed by atoms with Crippen LogP contribution in [0.3, 0.4) is 0 Å². The van der Waals surface area contributed by atoms with E-state index >= 15 is 0 Å². The minimum Gasteiger partial charge on any atom is -0.430 e. The molecule has 2 heterocycles. The topological polar surface area (TPSA) is 140 Å². The van der Waals surface area contributed by atoms with Crippen molar-refractivity contribution in [3.8, 4) is 0 Å². The van der Waals surface area contributed by atoms with Crippen LogP contribution in [0.4, 0.5) is 9.18 Å². The summed E-state index contributed by atoms with van der Waals surface area (Å²) in [7, 11) is 0. The van der Waals surface area contributed by atoms with E-state index in [2.05, 4.69) is 0 Å². The van der Waals surface area contributed by atoms with Gasteiger partial charge in [-0.15, -0.1) is 0 Å². The van der Waals surface area contributed by atoms with Gasteiger partial charge in [0.25, 0.3) is 11.4 Å². The summed E-state index contributed by atoms with van der Waals surface area (Å²) >= 11 is 0. The lowest BCUT2D eigenvalue weighted by Crippen LogP contribution is -2.44. The van der Waals surface area contributed by atoms with Gasteiger partial charge in [0.05, 0.1) is 0 Å². The van der Waals surface area contributed by atoms with Crippen LogP contribution in [0.5, 0.6) is 0 Å². The molecule has 28 heavy (non-hydrogen) atoms. The molecule has 11 heteroatoms. The van der Waals surface area contributed by atoms with Gasteiger partial charge in [0.1, 0.15) is 18.3 Å². The largest absolute Gasteiger partial charge is 0.508 e. The number of alkyl halides is 1. The second-order valence-electron chi connectivity index (χ2n) is 7.36. The lowest BCUT2D eigenvalue weighted by Gasteiger charge is -2.26. The number of ether oxygens (including phenoxy) is 3. The molecule has 0 spiro atoms. The summed E-state index contributed by atoms with van der Waals surface area (Å²) in [5.74, 6) is -2.99. The zero-order valence-electron chi connectivity index (χ0n) is 16.0. The van der Waals surface area contributed by atoms with Gasteiger partial charge in [0, 0.05) is 12.3 Å². The van der Waals surface area contributed by atoms with Crippen LogP contribution in [0.2, 0.25) is 0 Å². The maximum Gasteiger partial charge on any atom is 0.508 e.